The second-order valence-electron chi connectivity index (χ2n) is 6.86. The number of rotatable bonds is 5. The van der Waals surface area contributed by atoms with Gasteiger partial charge in [-0.3, -0.25) is 9.67 Å². The molecule has 0 aliphatic rings. The first-order chi connectivity index (χ1) is 14.2. The second kappa shape index (κ2) is 6.99. The van der Waals surface area contributed by atoms with E-state index in [9.17, 15) is 0 Å². The number of benzene rings is 2. The number of aromatic amines is 1. The van der Waals surface area contributed by atoms with Gasteiger partial charge in [0.1, 0.15) is 23.4 Å². The van der Waals surface area contributed by atoms with Crippen LogP contribution in [0, 0.1) is 0 Å². The van der Waals surface area contributed by atoms with Crippen molar-refractivity contribution in [2.75, 3.05) is 7.11 Å². The van der Waals surface area contributed by atoms with Gasteiger partial charge in [-0.15, -0.1) is 0 Å². The molecule has 0 aliphatic heterocycles. The maximum absolute atomic E-state index is 6.42. The van der Waals surface area contributed by atoms with E-state index in [0.717, 1.165) is 33.6 Å². The summed E-state index contributed by atoms with van der Waals surface area (Å²) in [5.74, 6) is 1.38. The first-order valence-electron chi connectivity index (χ1n) is 9.23. The number of hydrogen-bond acceptors (Lipinski definition) is 6. The molecule has 8 heteroatoms. The molecule has 0 saturated heterocycles. The molecule has 1 atom stereocenters. The zero-order valence-electron chi connectivity index (χ0n) is 15.8. The number of aromatic nitrogens is 6. The van der Waals surface area contributed by atoms with Crippen molar-refractivity contribution in [3.05, 3.63) is 72.6 Å². The van der Waals surface area contributed by atoms with E-state index in [1.54, 1.807) is 25.8 Å². The summed E-state index contributed by atoms with van der Waals surface area (Å²) in [5.41, 5.74) is 10.8. The highest BCUT2D eigenvalue weighted by molar-refractivity contribution is 5.81. The van der Waals surface area contributed by atoms with Crippen molar-refractivity contribution in [3.63, 3.8) is 0 Å². The molecule has 8 nitrogen and oxygen atoms in total. The molecule has 3 heterocycles. The van der Waals surface area contributed by atoms with E-state index in [1.807, 2.05) is 47.0 Å². The average Bonchev–Trinajstić information content (AvgIpc) is 3.39. The summed E-state index contributed by atoms with van der Waals surface area (Å²) in [6.07, 6.45) is 5.86. The van der Waals surface area contributed by atoms with Crippen LogP contribution in [-0.2, 0) is 6.42 Å². The van der Waals surface area contributed by atoms with Crippen LogP contribution >= 0.6 is 0 Å². The van der Waals surface area contributed by atoms with Crippen molar-refractivity contribution in [3.8, 4) is 11.4 Å². The van der Waals surface area contributed by atoms with Gasteiger partial charge in [-0.2, -0.15) is 5.10 Å². The molecule has 5 rings (SSSR count). The molecular weight excluding hydrogens is 366 g/mol. The van der Waals surface area contributed by atoms with E-state index in [4.69, 9.17) is 15.5 Å². The van der Waals surface area contributed by atoms with Crippen LogP contribution in [0.25, 0.3) is 27.8 Å². The van der Waals surface area contributed by atoms with Crippen molar-refractivity contribution >= 4 is 22.1 Å². The van der Waals surface area contributed by atoms with Gasteiger partial charge in [0.25, 0.3) is 0 Å². The Morgan fingerprint density at radius 1 is 1.14 bits per heavy atom. The second-order valence-corrected chi connectivity index (χ2v) is 6.86. The fraction of sp³-hybridized carbons (Fsp3) is 0.143. The van der Waals surface area contributed by atoms with Gasteiger partial charge >= 0.3 is 0 Å². The third-order valence-corrected chi connectivity index (χ3v) is 4.93. The van der Waals surface area contributed by atoms with E-state index in [-0.39, 0.29) is 6.04 Å². The van der Waals surface area contributed by atoms with Crippen LogP contribution in [0.15, 0.2) is 61.2 Å². The summed E-state index contributed by atoms with van der Waals surface area (Å²) in [7, 11) is 1.65. The molecule has 0 spiro atoms. The monoisotopic (exact) mass is 385 g/mol. The van der Waals surface area contributed by atoms with E-state index in [0.29, 0.717) is 17.8 Å². The molecule has 3 N–H and O–H groups in total. The number of hydrogen-bond donors (Lipinski definition) is 2. The highest BCUT2D eigenvalue weighted by atomic mass is 16.5. The van der Waals surface area contributed by atoms with Gasteiger partial charge in [0.15, 0.2) is 5.65 Å². The Morgan fingerprint density at radius 2 is 2.07 bits per heavy atom. The maximum Gasteiger partial charge on any atom is 0.168 e. The summed E-state index contributed by atoms with van der Waals surface area (Å²) in [5, 5.41) is 8.11. The molecule has 0 bridgehead atoms. The predicted molar refractivity (Wildman–Crippen MR) is 110 cm³/mol. The van der Waals surface area contributed by atoms with Crippen molar-refractivity contribution in [2.45, 2.75) is 12.5 Å². The Morgan fingerprint density at radius 3 is 2.97 bits per heavy atom. The van der Waals surface area contributed by atoms with Gasteiger partial charge in [-0.25, -0.2) is 15.0 Å². The molecular formula is C21H19N7O. The predicted octanol–water partition coefficient (Wildman–Crippen LogP) is 2.94. The molecule has 5 aromatic rings. The Kier molecular flexibility index (Phi) is 4.18. The van der Waals surface area contributed by atoms with Crippen LogP contribution in [0.1, 0.15) is 17.4 Å². The Hall–Kier alpha value is -3.78. The molecule has 3 aromatic heterocycles. The van der Waals surface area contributed by atoms with Gasteiger partial charge in [0, 0.05) is 5.39 Å². The molecule has 0 amide bonds. The molecule has 2 aromatic carbocycles. The third-order valence-electron chi connectivity index (χ3n) is 4.93. The average molecular weight is 385 g/mol. The Bertz CT molecular complexity index is 1310. The Balaban J connectivity index is 1.50. The lowest BCUT2D eigenvalue weighted by molar-refractivity contribution is 0.414. The topological polar surface area (TPSA) is 108 Å². The first kappa shape index (κ1) is 17.3. The van der Waals surface area contributed by atoms with Gasteiger partial charge < -0.3 is 10.5 Å². The van der Waals surface area contributed by atoms with E-state index >= 15 is 0 Å². The number of ether oxygens (including phenoxy) is 1. The summed E-state index contributed by atoms with van der Waals surface area (Å²) in [6, 6.07) is 13.5. The number of imidazole rings is 1. The molecule has 144 valence electrons. The van der Waals surface area contributed by atoms with Crippen LogP contribution < -0.4 is 10.5 Å². The standard InChI is InChI=1S/C21H19N7O/c1-29-16-4-2-3-13(7-16)8-17(22)20-23-11-19-21(26-20)28(12-24-19)15-6-5-14-10-25-27-18(14)9-15/h2-7,9-12,17H,8,22H2,1H3,(H,25,27). The lowest BCUT2D eigenvalue weighted by Gasteiger charge is -2.12. The highest BCUT2D eigenvalue weighted by Crippen LogP contribution is 2.22. The highest BCUT2D eigenvalue weighted by Gasteiger charge is 2.15. The third kappa shape index (κ3) is 3.19. The van der Waals surface area contributed by atoms with Gasteiger partial charge in [-0.05, 0) is 42.3 Å². The zero-order valence-corrected chi connectivity index (χ0v) is 15.8. The minimum absolute atomic E-state index is 0.343. The summed E-state index contributed by atoms with van der Waals surface area (Å²) in [6.45, 7) is 0. The van der Waals surface area contributed by atoms with E-state index < -0.39 is 0 Å². The molecule has 0 fully saturated rings. The molecule has 0 aliphatic carbocycles. The number of H-pyrrole nitrogens is 1. The van der Waals surface area contributed by atoms with Gasteiger partial charge in [0.2, 0.25) is 0 Å². The van der Waals surface area contributed by atoms with Crippen LogP contribution in [0.3, 0.4) is 0 Å². The van der Waals surface area contributed by atoms with E-state index in [1.165, 1.54) is 0 Å². The van der Waals surface area contributed by atoms with Gasteiger partial charge in [0.05, 0.1) is 36.7 Å². The van der Waals surface area contributed by atoms with Crippen LogP contribution in [0.2, 0.25) is 0 Å². The van der Waals surface area contributed by atoms with Crippen LogP contribution in [0.4, 0.5) is 0 Å². The fourth-order valence-electron chi connectivity index (χ4n) is 3.41. The fourth-order valence-corrected chi connectivity index (χ4v) is 3.41. The van der Waals surface area contributed by atoms with Crippen molar-refractivity contribution in [1.29, 1.82) is 0 Å². The van der Waals surface area contributed by atoms with Crippen molar-refractivity contribution in [2.24, 2.45) is 5.73 Å². The summed E-state index contributed by atoms with van der Waals surface area (Å²) < 4.78 is 7.22. The van der Waals surface area contributed by atoms with Crippen LogP contribution in [-0.4, -0.2) is 36.8 Å². The molecule has 1 unspecified atom stereocenters. The van der Waals surface area contributed by atoms with Crippen molar-refractivity contribution < 1.29 is 4.74 Å². The smallest absolute Gasteiger partial charge is 0.168 e. The number of nitrogens with zero attached hydrogens (tertiary/aromatic N) is 5. The van der Waals surface area contributed by atoms with Crippen LogP contribution in [0.5, 0.6) is 5.75 Å². The molecule has 0 radical (unpaired) electrons. The summed E-state index contributed by atoms with van der Waals surface area (Å²) >= 11 is 0. The molecule has 29 heavy (non-hydrogen) atoms. The molecule has 0 saturated carbocycles. The summed E-state index contributed by atoms with van der Waals surface area (Å²) in [4.78, 5) is 13.6. The SMILES string of the molecule is COc1cccc(CC(N)c2ncc3ncn(-c4ccc5cn[nH]c5c4)c3n2)c1. The van der Waals surface area contributed by atoms with Gasteiger partial charge in [-0.1, -0.05) is 12.1 Å². The maximum atomic E-state index is 6.42. The lowest BCUT2D eigenvalue weighted by atomic mass is 10.1. The number of methoxy groups -OCH3 is 1. The minimum atomic E-state index is -0.343. The zero-order chi connectivity index (χ0) is 19.8. The number of fused-ring (bicyclic) bond motifs is 2. The first-order valence-corrected chi connectivity index (χ1v) is 9.23. The minimum Gasteiger partial charge on any atom is -0.497 e. The lowest BCUT2D eigenvalue weighted by Crippen LogP contribution is -2.17. The normalized spacial score (nSPS) is 12.5. The van der Waals surface area contributed by atoms with Crippen molar-refractivity contribution in [1.82, 2.24) is 29.7 Å². The van der Waals surface area contributed by atoms with E-state index in [2.05, 4.69) is 20.2 Å². The quantitative estimate of drug-likeness (QED) is 0.482. The number of nitrogens with two attached hydrogens (primary N) is 1. The largest absolute Gasteiger partial charge is 0.497 e. The number of nitrogens with one attached hydrogen (secondary N) is 1. The Labute approximate surface area is 166 Å².